The highest BCUT2D eigenvalue weighted by atomic mass is 16.5. The van der Waals surface area contributed by atoms with Crippen LogP contribution in [0.4, 0.5) is 0 Å². The number of carboxylic acid groups (broad SMARTS) is 1. The Bertz CT molecular complexity index is 197. The normalized spacial score (nSPS) is 10.5. The molecule has 0 spiro atoms. The molecule has 0 aliphatic heterocycles. The molecule has 62 valence electrons. The third-order valence-electron chi connectivity index (χ3n) is 0.963. The van der Waals surface area contributed by atoms with Gasteiger partial charge in [0.2, 0.25) is 0 Å². The Morgan fingerprint density at radius 1 is 1.55 bits per heavy atom. The molecule has 11 heavy (non-hydrogen) atoms. The number of rotatable bonds is 3. The van der Waals surface area contributed by atoms with Crippen molar-refractivity contribution in [3.63, 3.8) is 0 Å². The smallest absolute Gasteiger partial charge is 0.352 e. The lowest BCUT2D eigenvalue weighted by Crippen LogP contribution is -2.17. The highest BCUT2D eigenvalue weighted by Gasteiger charge is 2.06. The van der Waals surface area contributed by atoms with E-state index >= 15 is 0 Å². The molecule has 5 nitrogen and oxygen atoms in total. The van der Waals surface area contributed by atoms with Crippen LogP contribution < -0.4 is 5.32 Å². The third kappa shape index (κ3) is 3.24. The minimum atomic E-state index is -1.20. The fourth-order valence-electron chi connectivity index (χ4n) is 0.418. The van der Waals surface area contributed by atoms with E-state index in [1.165, 1.54) is 14.2 Å². The van der Waals surface area contributed by atoms with Crippen LogP contribution >= 0.6 is 0 Å². The molecule has 0 bridgehead atoms. The van der Waals surface area contributed by atoms with Crippen LogP contribution in [0.3, 0.4) is 0 Å². The van der Waals surface area contributed by atoms with Gasteiger partial charge in [-0.1, -0.05) is 0 Å². The SMILES string of the molecule is CNC(=CC(=O)OC)C(=O)O. The largest absolute Gasteiger partial charge is 0.477 e. The number of carboxylic acids is 1. The molecule has 0 radical (unpaired) electrons. The topological polar surface area (TPSA) is 75.6 Å². The zero-order valence-electron chi connectivity index (χ0n) is 6.25. The van der Waals surface area contributed by atoms with Gasteiger partial charge in [-0.15, -0.1) is 0 Å². The molecule has 0 fully saturated rings. The van der Waals surface area contributed by atoms with Gasteiger partial charge in [-0.05, 0) is 0 Å². The van der Waals surface area contributed by atoms with Crippen molar-refractivity contribution in [1.82, 2.24) is 5.32 Å². The first-order chi connectivity index (χ1) is 5.11. The maximum atomic E-state index is 10.5. The lowest BCUT2D eigenvalue weighted by Gasteiger charge is -1.98. The number of esters is 1. The quantitative estimate of drug-likeness (QED) is 0.422. The highest BCUT2D eigenvalue weighted by molar-refractivity contribution is 5.94. The van der Waals surface area contributed by atoms with Crippen molar-refractivity contribution in [2.45, 2.75) is 0 Å². The van der Waals surface area contributed by atoms with E-state index in [2.05, 4.69) is 10.1 Å². The van der Waals surface area contributed by atoms with Crippen molar-refractivity contribution in [3.05, 3.63) is 11.8 Å². The minimum absolute atomic E-state index is 0.197. The molecule has 0 saturated carbocycles. The van der Waals surface area contributed by atoms with Crippen molar-refractivity contribution in [2.75, 3.05) is 14.2 Å². The summed E-state index contributed by atoms with van der Waals surface area (Å²) in [5.41, 5.74) is -0.197. The fourth-order valence-corrected chi connectivity index (χ4v) is 0.418. The molecule has 0 heterocycles. The standard InChI is InChI=1S/C6H9NO4/c1-7-4(6(9)10)3-5(8)11-2/h3,7H,1-2H3,(H,9,10). The number of methoxy groups -OCH3 is 1. The van der Waals surface area contributed by atoms with Gasteiger partial charge in [-0.3, -0.25) is 0 Å². The average Bonchev–Trinajstić information content (AvgIpc) is 1.99. The van der Waals surface area contributed by atoms with E-state index in [9.17, 15) is 9.59 Å². The van der Waals surface area contributed by atoms with E-state index in [1.807, 2.05) is 0 Å². The molecule has 0 aromatic heterocycles. The number of ether oxygens (including phenoxy) is 1. The summed E-state index contributed by atoms with van der Waals surface area (Å²) in [5, 5.41) is 10.7. The summed E-state index contributed by atoms with van der Waals surface area (Å²) in [5.74, 6) is -1.89. The molecule has 0 unspecified atom stereocenters. The molecule has 0 amide bonds. The molecule has 0 atom stereocenters. The van der Waals surface area contributed by atoms with E-state index < -0.39 is 11.9 Å². The molecule has 0 aromatic rings. The number of aliphatic carboxylic acids is 1. The van der Waals surface area contributed by atoms with Gasteiger partial charge in [0.1, 0.15) is 5.70 Å². The van der Waals surface area contributed by atoms with Crippen molar-refractivity contribution in [2.24, 2.45) is 0 Å². The molecule has 0 rings (SSSR count). The van der Waals surface area contributed by atoms with Crippen LogP contribution in [0.5, 0.6) is 0 Å². The van der Waals surface area contributed by atoms with E-state index in [1.54, 1.807) is 0 Å². The molecule has 0 aliphatic rings. The first-order valence-electron chi connectivity index (χ1n) is 2.82. The summed E-state index contributed by atoms with van der Waals surface area (Å²) in [6.07, 6.45) is 0.863. The summed E-state index contributed by atoms with van der Waals surface area (Å²) in [6, 6.07) is 0. The second-order valence-corrected chi connectivity index (χ2v) is 1.64. The number of hydrogen-bond donors (Lipinski definition) is 2. The van der Waals surface area contributed by atoms with E-state index in [4.69, 9.17) is 5.11 Å². The van der Waals surface area contributed by atoms with Gasteiger partial charge in [0, 0.05) is 7.05 Å². The zero-order chi connectivity index (χ0) is 8.85. The van der Waals surface area contributed by atoms with Gasteiger partial charge in [0.25, 0.3) is 0 Å². The maximum absolute atomic E-state index is 10.5. The van der Waals surface area contributed by atoms with E-state index in [0.29, 0.717) is 0 Å². The van der Waals surface area contributed by atoms with Crippen LogP contribution in [0.2, 0.25) is 0 Å². The Morgan fingerprint density at radius 2 is 2.09 bits per heavy atom. The fraction of sp³-hybridized carbons (Fsp3) is 0.333. The van der Waals surface area contributed by atoms with Crippen LogP contribution in [-0.4, -0.2) is 31.2 Å². The molecule has 5 heteroatoms. The number of nitrogens with one attached hydrogen (secondary N) is 1. The molecule has 0 aliphatic carbocycles. The number of likely N-dealkylation sites (N-methyl/N-ethyl adjacent to an activating group) is 1. The van der Waals surface area contributed by atoms with Crippen LogP contribution in [0, 0.1) is 0 Å². The van der Waals surface area contributed by atoms with Crippen molar-refractivity contribution in [3.8, 4) is 0 Å². The summed E-state index contributed by atoms with van der Waals surface area (Å²) in [6.45, 7) is 0. The first kappa shape index (κ1) is 9.48. The van der Waals surface area contributed by atoms with Crippen molar-refractivity contribution >= 4 is 11.9 Å². The predicted octanol–water partition coefficient (Wildman–Crippen LogP) is -0.653. The Labute approximate surface area is 63.7 Å². The Morgan fingerprint density at radius 3 is 2.36 bits per heavy atom. The van der Waals surface area contributed by atoms with Gasteiger partial charge >= 0.3 is 11.9 Å². The van der Waals surface area contributed by atoms with Crippen molar-refractivity contribution < 1.29 is 19.4 Å². The van der Waals surface area contributed by atoms with Crippen LogP contribution in [-0.2, 0) is 14.3 Å². The second kappa shape index (κ2) is 4.32. The molecular formula is C6H9NO4. The monoisotopic (exact) mass is 159 g/mol. The number of hydrogen-bond acceptors (Lipinski definition) is 4. The molecular weight excluding hydrogens is 150 g/mol. The van der Waals surface area contributed by atoms with E-state index in [-0.39, 0.29) is 5.70 Å². The molecule has 0 aromatic carbocycles. The van der Waals surface area contributed by atoms with Crippen LogP contribution in [0.15, 0.2) is 11.8 Å². The lowest BCUT2D eigenvalue weighted by molar-refractivity contribution is -0.137. The summed E-state index contributed by atoms with van der Waals surface area (Å²) in [4.78, 5) is 20.7. The summed E-state index contributed by atoms with van der Waals surface area (Å²) in [7, 11) is 2.58. The van der Waals surface area contributed by atoms with Crippen LogP contribution in [0.1, 0.15) is 0 Å². The molecule has 0 saturated heterocycles. The second-order valence-electron chi connectivity index (χ2n) is 1.64. The number of carbonyl (C=O) groups excluding carboxylic acids is 1. The Hall–Kier alpha value is -1.52. The third-order valence-corrected chi connectivity index (χ3v) is 0.963. The molecule has 2 N–H and O–H groups in total. The Kier molecular flexibility index (Phi) is 3.72. The van der Waals surface area contributed by atoms with Gasteiger partial charge in [-0.2, -0.15) is 0 Å². The van der Waals surface area contributed by atoms with Gasteiger partial charge < -0.3 is 15.2 Å². The van der Waals surface area contributed by atoms with Gasteiger partial charge in [-0.25, -0.2) is 9.59 Å². The number of carbonyl (C=O) groups is 2. The van der Waals surface area contributed by atoms with Crippen molar-refractivity contribution in [1.29, 1.82) is 0 Å². The van der Waals surface area contributed by atoms with Gasteiger partial charge in [0.15, 0.2) is 0 Å². The lowest BCUT2D eigenvalue weighted by atomic mass is 10.4. The summed E-state index contributed by atoms with van der Waals surface area (Å²) >= 11 is 0. The minimum Gasteiger partial charge on any atom is -0.477 e. The highest BCUT2D eigenvalue weighted by Crippen LogP contribution is 1.88. The first-order valence-corrected chi connectivity index (χ1v) is 2.82. The maximum Gasteiger partial charge on any atom is 0.352 e. The van der Waals surface area contributed by atoms with Crippen LogP contribution in [0.25, 0.3) is 0 Å². The Balaban J connectivity index is 4.35. The zero-order valence-corrected chi connectivity index (χ0v) is 6.25. The average molecular weight is 159 g/mol. The van der Waals surface area contributed by atoms with Gasteiger partial charge in [0.05, 0.1) is 13.2 Å². The van der Waals surface area contributed by atoms with E-state index in [0.717, 1.165) is 6.08 Å². The predicted molar refractivity (Wildman–Crippen MR) is 36.8 cm³/mol. The summed E-state index contributed by atoms with van der Waals surface area (Å²) < 4.78 is 4.21.